The molecule has 0 N–H and O–H groups in total. The van der Waals surface area contributed by atoms with Crippen LogP contribution in [0.15, 0.2) is 48.6 Å². The molecule has 0 aliphatic rings. The van der Waals surface area contributed by atoms with Crippen molar-refractivity contribution in [2.45, 2.75) is 54.4 Å². The lowest BCUT2D eigenvalue weighted by molar-refractivity contribution is 0.952. The van der Waals surface area contributed by atoms with Crippen LogP contribution in [0.4, 0.5) is 0 Å². The first-order valence-corrected chi connectivity index (χ1v) is 5.65. The Bertz CT molecular complexity index is 228. The van der Waals surface area contributed by atoms with E-state index in [1.807, 2.05) is 27.7 Å². The highest BCUT2D eigenvalue weighted by Gasteiger charge is 1.90. The van der Waals surface area contributed by atoms with Gasteiger partial charge in [-0.15, -0.1) is 6.58 Å². The monoisotopic (exact) mass is 222 g/mol. The molecule has 16 heavy (non-hydrogen) atoms. The highest BCUT2D eigenvalue weighted by atomic mass is 14.0. The van der Waals surface area contributed by atoms with E-state index in [1.54, 1.807) is 0 Å². The van der Waals surface area contributed by atoms with Gasteiger partial charge in [0.05, 0.1) is 0 Å². The van der Waals surface area contributed by atoms with Crippen LogP contribution in [-0.4, -0.2) is 0 Å². The number of allylic oxidation sites excluding steroid dienone is 5. The maximum Gasteiger partial charge on any atom is -0.0141 e. The lowest BCUT2D eigenvalue weighted by Gasteiger charge is -1.99. The molecule has 0 radical (unpaired) electrons. The van der Waals surface area contributed by atoms with Gasteiger partial charge in [-0.3, -0.25) is 0 Å². The molecule has 0 aromatic rings. The van der Waals surface area contributed by atoms with Crippen molar-refractivity contribution in [3.8, 4) is 0 Å². The molecule has 0 fully saturated rings. The summed E-state index contributed by atoms with van der Waals surface area (Å²) in [5.74, 6) is 0. The standard InChI is InChI=1S/C13H20.C2H6.CH4/c1-11(2)7-6-8-13(5)10-9-12(3)4;1-2;/h6,8H,1,3,5,7,9-10H2,2,4H3;1-2H3;1H4. The summed E-state index contributed by atoms with van der Waals surface area (Å²) in [5.41, 5.74) is 3.57. The predicted molar refractivity (Wildman–Crippen MR) is 79.8 cm³/mol. The van der Waals surface area contributed by atoms with Crippen molar-refractivity contribution in [2.75, 3.05) is 0 Å². The van der Waals surface area contributed by atoms with Crippen LogP contribution in [0.5, 0.6) is 0 Å². The van der Waals surface area contributed by atoms with Crippen molar-refractivity contribution >= 4 is 0 Å². The average Bonchev–Trinajstić information content (AvgIpc) is 2.17. The summed E-state index contributed by atoms with van der Waals surface area (Å²) in [4.78, 5) is 0. The molecule has 0 unspecified atom stereocenters. The molecular weight excluding hydrogens is 192 g/mol. The maximum atomic E-state index is 3.97. The molecule has 0 bridgehead atoms. The Morgan fingerprint density at radius 3 is 1.81 bits per heavy atom. The summed E-state index contributed by atoms with van der Waals surface area (Å²) in [5, 5.41) is 0. The third-order valence-corrected chi connectivity index (χ3v) is 1.69. The molecule has 0 aliphatic heterocycles. The van der Waals surface area contributed by atoms with E-state index >= 15 is 0 Å². The van der Waals surface area contributed by atoms with E-state index in [0.717, 1.165) is 19.3 Å². The summed E-state index contributed by atoms with van der Waals surface area (Å²) in [6.07, 6.45) is 7.20. The third-order valence-electron chi connectivity index (χ3n) is 1.69. The Balaban J connectivity index is -0.000000529. The molecule has 0 aliphatic carbocycles. The van der Waals surface area contributed by atoms with Gasteiger partial charge in [-0.1, -0.05) is 63.3 Å². The van der Waals surface area contributed by atoms with Gasteiger partial charge < -0.3 is 0 Å². The minimum Gasteiger partial charge on any atom is -0.100 e. The summed E-state index contributed by atoms with van der Waals surface area (Å²) < 4.78 is 0. The number of hydrogen-bond acceptors (Lipinski definition) is 0. The first-order valence-electron chi connectivity index (χ1n) is 5.65. The van der Waals surface area contributed by atoms with Crippen molar-refractivity contribution < 1.29 is 0 Å². The summed E-state index contributed by atoms with van der Waals surface area (Å²) in [7, 11) is 0. The second-order valence-electron chi connectivity index (χ2n) is 3.68. The van der Waals surface area contributed by atoms with E-state index in [9.17, 15) is 0 Å². The first-order chi connectivity index (χ1) is 7.02. The normalized spacial score (nSPS) is 8.75. The van der Waals surface area contributed by atoms with Crippen molar-refractivity contribution in [3.63, 3.8) is 0 Å². The van der Waals surface area contributed by atoms with Crippen LogP contribution in [0.25, 0.3) is 0 Å². The zero-order valence-corrected chi connectivity index (χ0v) is 10.9. The Labute approximate surface area is 103 Å². The minimum absolute atomic E-state index is 0. The minimum atomic E-state index is 0. The molecule has 0 aromatic carbocycles. The highest BCUT2D eigenvalue weighted by Crippen LogP contribution is 2.10. The number of rotatable bonds is 6. The van der Waals surface area contributed by atoms with Crippen LogP contribution < -0.4 is 0 Å². The van der Waals surface area contributed by atoms with Crippen molar-refractivity contribution in [3.05, 3.63) is 48.6 Å². The summed E-state index contributed by atoms with van der Waals surface area (Å²) in [6.45, 7) is 19.7. The van der Waals surface area contributed by atoms with Gasteiger partial charge in [0.2, 0.25) is 0 Å². The predicted octanol–water partition coefficient (Wildman–Crippen LogP) is 6.08. The zero-order chi connectivity index (χ0) is 12.3. The Hall–Kier alpha value is -1.04. The molecule has 94 valence electrons. The maximum absolute atomic E-state index is 3.97. The third kappa shape index (κ3) is 18.7. The van der Waals surface area contributed by atoms with Gasteiger partial charge in [0.15, 0.2) is 0 Å². The highest BCUT2D eigenvalue weighted by molar-refractivity contribution is 5.17. The van der Waals surface area contributed by atoms with E-state index < -0.39 is 0 Å². The molecule has 0 rings (SSSR count). The van der Waals surface area contributed by atoms with E-state index in [0.29, 0.717) is 0 Å². The lowest BCUT2D eigenvalue weighted by Crippen LogP contribution is -1.79. The van der Waals surface area contributed by atoms with Crippen LogP contribution in [0.2, 0.25) is 0 Å². The van der Waals surface area contributed by atoms with E-state index in [4.69, 9.17) is 0 Å². The molecule has 0 aromatic heterocycles. The molecule has 0 heteroatoms. The van der Waals surface area contributed by atoms with Gasteiger partial charge in [0.25, 0.3) is 0 Å². The van der Waals surface area contributed by atoms with E-state index in [-0.39, 0.29) is 7.43 Å². The van der Waals surface area contributed by atoms with Crippen LogP contribution in [0.3, 0.4) is 0 Å². The molecule has 0 spiro atoms. The van der Waals surface area contributed by atoms with Gasteiger partial charge in [-0.2, -0.15) is 0 Å². The average molecular weight is 222 g/mol. The largest absolute Gasteiger partial charge is 0.100 e. The SMILES string of the molecule is C.C=C(C)CC=CC(=C)CCC(=C)C.CC. The van der Waals surface area contributed by atoms with Gasteiger partial charge in [-0.05, 0) is 33.1 Å². The molecule has 0 atom stereocenters. The quantitative estimate of drug-likeness (QED) is 0.377. The number of hydrogen-bond donors (Lipinski definition) is 0. The van der Waals surface area contributed by atoms with Crippen molar-refractivity contribution in [1.82, 2.24) is 0 Å². The Morgan fingerprint density at radius 1 is 0.938 bits per heavy atom. The smallest absolute Gasteiger partial charge is 0.0141 e. The van der Waals surface area contributed by atoms with E-state index in [1.165, 1.54) is 16.7 Å². The molecule has 0 saturated carbocycles. The van der Waals surface area contributed by atoms with Crippen molar-refractivity contribution in [1.29, 1.82) is 0 Å². The molecule has 0 nitrogen and oxygen atoms in total. The summed E-state index contributed by atoms with van der Waals surface area (Å²) >= 11 is 0. The second-order valence-corrected chi connectivity index (χ2v) is 3.68. The first kappa shape index (κ1) is 20.4. The Kier molecular flexibility index (Phi) is 17.8. The fourth-order valence-corrected chi connectivity index (χ4v) is 0.884. The van der Waals surface area contributed by atoms with E-state index in [2.05, 4.69) is 31.9 Å². The lowest BCUT2D eigenvalue weighted by atomic mass is 10.1. The van der Waals surface area contributed by atoms with Crippen molar-refractivity contribution in [2.24, 2.45) is 0 Å². The van der Waals surface area contributed by atoms with Gasteiger partial charge in [-0.25, -0.2) is 0 Å². The van der Waals surface area contributed by atoms with Crippen LogP contribution in [-0.2, 0) is 0 Å². The van der Waals surface area contributed by atoms with Crippen LogP contribution in [0.1, 0.15) is 54.4 Å². The van der Waals surface area contributed by atoms with Crippen LogP contribution in [0, 0.1) is 0 Å². The van der Waals surface area contributed by atoms with Gasteiger partial charge >= 0.3 is 0 Å². The van der Waals surface area contributed by atoms with Gasteiger partial charge in [0.1, 0.15) is 0 Å². The molecular formula is C16H30. The fourth-order valence-electron chi connectivity index (χ4n) is 0.884. The Morgan fingerprint density at radius 2 is 1.44 bits per heavy atom. The topological polar surface area (TPSA) is 0 Å². The summed E-state index contributed by atoms with van der Waals surface area (Å²) in [6, 6.07) is 0. The fraction of sp³-hybridized carbons (Fsp3) is 0.500. The van der Waals surface area contributed by atoms with Gasteiger partial charge in [0, 0.05) is 0 Å². The zero-order valence-electron chi connectivity index (χ0n) is 10.9. The molecule has 0 amide bonds. The molecule has 0 heterocycles. The molecule has 0 saturated heterocycles. The second kappa shape index (κ2) is 14.0. The van der Waals surface area contributed by atoms with Crippen LogP contribution >= 0.6 is 0 Å².